The molecule has 3 heterocycles. The van der Waals surface area contributed by atoms with Crippen molar-refractivity contribution in [3.63, 3.8) is 0 Å². The Kier molecular flexibility index (Phi) is 6.41. The number of nitrogen functional groups attached to an aromatic ring is 1. The Hall–Kier alpha value is -5.13. The minimum absolute atomic E-state index is 0.0928. The van der Waals surface area contributed by atoms with Crippen molar-refractivity contribution in [1.29, 1.82) is 5.26 Å². The van der Waals surface area contributed by atoms with E-state index in [2.05, 4.69) is 15.1 Å². The second-order valence-corrected chi connectivity index (χ2v) is 7.13. The second-order valence-electron chi connectivity index (χ2n) is 7.13. The molecular weight excluding hydrogens is 508 g/mol. The van der Waals surface area contributed by atoms with Crippen LogP contribution in [-0.4, -0.2) is 25.7 Å². The summed E-state index contributed by atoms with van der Waals surface area (Å²) >= 11 is 0. The summed E-state index contributed by atoms with van der Waals surface area (Å²) in [6.45, 7) is 0. The van der Waals surface area contributed by atoms with Gasteiger partial charge in [0.2, 0.25) is 0 Å². The van der Waals surface area contributed by atoms with Gasteiger partial charge < -0.3 is 15.8 Å². The zero-order chi connectivity index (χ0) is 26.9. The number of ether oxygens (including phenoxy) is 1. The molecule has 0 bridgehead atoms. The van der Waals surface area contributed by atoms with E-state index >= 15 is 0 Å². The highest BCUT2D eigenvalue weighted by atomic mass is 19.4. The van der Waals surface area contributed by atoms with E-state index in [0.717, 1.165) is 30.6 Å². The summed E-state index contributed by atoms with van der Waals surface area (Å²) in [6.07, 6.45) is -2.53. The highest BCUT2D eigenvalue weighted by molar-refractivity contribution is 6.05. The monoisotopic (exact) mass is 519 g/mol. The number of alkyl halides is 3. The zero-order valence-electron chi connectivity index (χ0n) is 18.0. The van der Waals surface area contributed by atoms with Gasteiger partial charge in [-0.25, -0.2) is 27.8 Å². The maximum Gasteiger partial charge on any atom is 0.434 e. The van der Waals surface area contributed by atoms with Gasteiger partial charge in [0.1, 0.15) is 17.5 Å². The molecule has 0 aliphatic carbocycles. The van der Waals surface area contributed by atoms with Crippen molar-refractivity contribution in [2.75, 3.05) is 11.1 Å². The van der Waals surface area contributed by atoms with Crippen LogP contribution in [0.25, 0.3) is 5.82 Å². The lowest BCUT2D eigenvalue weighted by Crippen LogP contribution is -2.21. The highest BCUT2D eigenvalue weighted by Gasteiger charge is 2.41. The Morgan fingerprint density at radius 2 is 1.78 bits per heavy atom. The highest BCUT2D eigenvalue weighted by Crippen LogP contribution is 2.35. The van der Waals surface area contributed by atoms with E-state index in [1.165, 1.54) is 0 Å². The van der Waals surface area contributed by atoms with Crippen molar-refractivity contribution >= 4 is 17.4 Å². The van der Waals surface area contributed by atoms with E-state index in [4.69, 9.17) is 15.7 Å². The van der Waals surface area contributed by atoms with Crippen LogP contribution in [0.4, 0.5) is 37.8 Å². The molecular formula is C22H11F6N7O2. The van der Waals surface area contributed by atoms with Gasteiger partial charge >= 0.3 is 6.18 Å². The molecule has 0 atom stereocenters. The number of benzene rings is 1. The number of hydrogen-bond acceptors (Lipinski definition) is 7. The molecule has 0 saturated heterocycles. The number of rotatable bonds is 5. The number of pyridine rings is 2. The summed E-state index contributed by atoms with van der Waals surface area (Å²) in [5.41, 5.74) is 1.93. The molecule has 0 saturated carbocycles. The lowest BCUT2D eigenvalue weighted by Gasteiger charge is -2.14. The minimum Gasteiger partial charge on any atom is -0.450 e. The Morgan fingerprint density at radius 3 is 2.41 bits per heavy atom. The smallest absolute Gasteiger partial charge is 0.434 e. The Labute approximate surface area is 202 Å². The van der Waals surface area contributed by atoms with Gasteiger partial charge in [-0.1, -0.05) is 0 Å². The first-order chi connectivity index (χ1) is 17.5. The number of amides is 1. The maximum atomic E-state index is 14.6. The van der Waals surface area contributed by atoms with Crippen molar-refractivity contribution < 1.29 is 35.9 Å². The molecule has 0 aliphatic heterocycles. The number of nitrogens with two attached hydrogens (primary N) is 1. The number of nitrogens with zero attached hydrogens (tertiary/aromatic N) is 5. The summed E-state index contributed by atoms with van der Waals surface area (Å²) in [6, 6.07) is 5.93. The average molecular weight is 519 g/mol. The Balaban J connectivity index is 1.66. The van der Waals surface area contributed by atoms with Crippen LogP contribution in [0, 0.1) is 28.8 Å². The van der Waals surface area contributed by atoms with E-state index < -0.39 is 58.0 Å². The van der Waals surface area contributed by atoms with Gasteiger partial charge in [0.25, 0.3) is 5.91 Å². The van der Waals surface area contributed by atoms with E-state index in [9.17, 15) is 31.1 Å². The first-order valence-electron chi connectivity index (χ1n) is 9.90. The molecule has 4 rings (SSSR count). The van der Waals surface area contributed by atoms with Gasteiger partial charge in [-0.2, -0.15) is 23.5 Å². The first-order valence-corrected chi connectivity index (χ1v) is 9.90. The molecule has 0 unspecified atom stereocenters. The summed E-state index contributed by atoms with van der Waals surface area (Å²) in [7, 11) is 0. The molecule has 3 N–H and O–H groups in total. The SMILES string of the molecule is N#Cc1c(Oc2c(F)cc(NC(=O)c3cnn(-c4ncccc4F)c3C(F)(F)F)cc2F)ccnc1N. The lowest BCUT2D eigenvalue weighted by atomic mass is 10.2. The quantitative estimate of drug-likeness (QED) is 0.369. The van der Waals surface area contributed by atoms with E-state index in [1.807, 2.05) is 5.32 Å². The van der Waals surface area contributed by atoms with Gasteiger partial charge in [-0.05, 0) is 12.1 Å². The van der Waals surface area contributed by atoms with Crippen molar-refractivity contribution in [3.05, 3.63) is 83.2 Å². The second kappa shape index (κ2) is 9.49. The van der Waals surface area contributed by atoms with Crippen molar-refractivity contribution in [1.82, 2.24) is 19.7 Å². The number of aromatic nitrogens is 4. The van der Waals surface area contributed by atoms with Crippen molar-refractivity contribution in [3.8, 4) is 23.4 Å². The fourth-order valence-corrected chi connectivity index (χ4v) is 3.18. The molecule has 37 heavy (non-hydrogen) atoms. The molecule has 188 valence electrons. The summed E-state index contributed by atoms with van der Waals surface area (Å²) in [5, 5.41) is 14.5. The third-order valence-corrected chi connectivity index (χ3v) is 4.74. The number of nitrogens with one attached hydrogen (secondary N) is 1. The largest absolute Gasteiger partial charge is 0.450 e. The molecule has 15 heteroatoms. The molecule has 9 nitrogen and oxygen atoms in total. The molecule has 1 aromatic carbocycles. The number of anilines is 2. The van der Waals surface area contributed by atoms with Gasteiger partial charge in [-0.15, -0.1) is 0 Å². The zero-order valence-corrected chi connectivity index (χ0v) is 18.0. The standard InChI is InChI=1S/C22H11F6N7O2/c23-13-2-1-4-32-20(13)35-18(22(26,27)28)12(9-33-35)21(36)34-10-6-14(24)17(15(25)7-10)37-16-3-5-31-19(30)11(16)8-29/h1-7,9H,(H2,30,31)(H,34,36). The number of hydrogen-bond donors (Lipinski definition) is 2. The Morgan fingerprint density at radius 1 is 1.08 bits per heavy atom. The van der Waals surface area contributed by atoms with E-state index in [0.29, 0.717) is 18.3 Å². The molecule has 1 amide bonds. The fourth-order valence-electron chi connectivity index (χ4n) is 3.18. The normalized spacial score (nSPS) is 11.2. The Bertz CT molecular complexity index is 1540. The van der Waals surface area contributed by atoms with Crippen LogP contribution in [0.15, 0.2) is 48.9 Å². The molecule has 0 fully saturated rings. The fraction of sp³-hybridized carbons (Fsp3) is 0.0455. The van der Waals surface area contributed by atoms with Gasteiger partial charge in [0.15, 0.2) is 40.5 Å². The van der Waals surface area contributed by atoms with E-state index in [1.54, 1.807) is 6.07 Å². The third-order valence-electron chi connectivity index (χ3n) is 4.74. The van der Waals surface area contributed by atoms with Crippen LogP contribution >= 0.6 is 0 Å². The predicted octanol–water partition coefficient (Wildman–Crippen LogP) is 4.60. The van der Waals surface area contributed by atoms with Crippen LogP contribution in [0.5, 0.6) is 11.5 Å². The number of nitriles is 1. The van der Waals surface area contributed by atoms with Crippen LogP contribution in [0.3, 0.4) is 0 Å². The van der Waals surface area contributed by atoms with Gasteiger partial charge in [-0.3, -0.25) is 4.79 Å². The molecule has 4 aromatic rings. The topological polar surface area (TPSA) is 132 Å². The number of carbonyl (C=O) groups excluding carboxylic acids is 1. The van der Waals surface area contributed by atoms with Crippen molar-refractivity contribution in [2.45, 2.75) is 6.18 Å². The lowest BCUT2D eigenvalue weighted by molar-refractivity contribution is -0.143. The molecule has 3 aromatic heterocycles. The molecule has 0 aliphatic rings. The molecule has 0 radical (unpaired) electrons. The van der Waals surface area contributed by atoms with Crippen molar-refractivity contribution in [2.24, 2.45) is 0 Å². The van der Waals surface area contributed by atoms with E-state index in [-0.39, 0.29) is 21.8 Å². The molecule has 0 spiro atoms. The minimum atomic E-state index is -5.19. The van der Waals surface area contributed by atoms with Crippen LogP contribution in [-0.2, 0) is 6.18 Å². The summed E-state index contributed by atoms with van der Waals surface area (Å²) in [5.74, 6) is -7.68. The van der Waals surface area contributed by atoms with Crippen LogP contribution in [0.1, 0.15) is 21.6 Å². The third kappa shape index (κ3) is 4.85. The van der Waals surface area contributed by atoms with Gasteiger partial charge in [0, 0.05) is 36.3 Å². The van der Waals surface area contributed by atoms with Crippen LogP contribution < -0.4 is 15.8 Å². The first kappa shape index (κ1) is 25.0. The summed E-state index contributed by atoms with van der Waals surface area (Å²) < 4.78 is 89.8. The number of carbonyl (C=O) groups is 1. The number of halogens is 6. The van der Waals surface area contributed by atoms with Crippen LogP contribution in [0.2, 0.25) is 0 Å². The maximum absolute atomic E-state index is 14.6. The summed E-state index contributed by atoms with van der Waals surface area (Å²) in [4.78, 5) is 19.8. The average Bonchev–Trinajstić information content (AvgIpc) is 3.28. The predicted molar refractivity (Wildman–Crippen MR) is 114 cm³/mol. The van der Waals surface area contributed by atoms with Gasteiger partial charge in [0.05, 0.1) is 11.8 Å².